The van der Waals surface area contributed by atoms with Crippen molar-refractivity contribution < 1.29 is 30.8 Å². The second-order valence-corrected chi connectivity index (χ2v) is 7.64. The second-order valence-electron chi connectivity index (χ2n) is 5.78. The van der Waals surface area contributed by atoms with Gasteiger partial charge in [-0.3, -0.25) is 9.10 Å². The van der Waals surface area contributed by atoms with Gasteiger partial charge in [-0.25, -0.2) is 12.8 Å². The Balaban J connectivity index is 2.25. The van der Waals surface area contributed by atoms with Crippen molar-refractivity contribution in [3.8, 4) is 0 Å². The van der Waals surface area contributed by atoms with Gasteiger partial charge < -0.3 is 5.32 Å². The predicted molar refractivity (Wildman–Crippen MR) is 93.3 cm³/mol. The number of hydrogen-bond acceptors (Lipinski definition) is 3. The van der Waals surface area contributed by atoms with Gasteiger partial charge in [0.25, 0.3) is 0 Å². The van der Waals surface area contributed by atoms with Gasteiger partial charge in [-0.15, -0.1) is 0 Å². The van der Waals surface area contributed by atoms with Gasteiger partial charge in [-0.1, -0.05) is 6.07 Å². The molecule has 1 amide bonds. The van der Waals surface area contributed by atoms with E-state index in [2.05, 4.69) is 5.32 Å². The quantitative estimate of drug-likeness (QED) is 0.774. The van der Waals surface area contributed by atoms with Gasteiger partial charge in [-0.05, 0) is 49.4 Å². The lowest BCUT2D eigenvalue weighted by Crippen LogP contribution is -2.45. The van der Waals surface area contributed by atoms with E-state index < -0.39 is 39.5 Å². The third kappa shape index (κ3) is 5.19. The van der Waals surface area contributed by atoms with Crippen molar-refractivity contribution in [3.63, 3.8) is 0 Å². The van der Waals surface area contributed by atoms with Crippen LogP contribution in [0, 0.1) is 5.82 Å². The summed E-state index contributed by atoms with van der Waals surface area (Å²) in [6.45, 7) is 1.28. The molecule has 1 N–H and O–H groups in total. The number of amides is 1. The standard InChI is InChI=1S/C17H16F4N2O3S/c1-11(23(27(2,25)26)15-5-3-4-13(18)10-15)16(24)22-14-8-6-12(7-9-14)17(19,20)21/h3-11H,1-2H3,(H,22,24)/t11-/m0/s1. The van der Waals surface area contributed by atoms with Crippen LogP contribution in [-0.2, 0) is 21.0 Å². The van der Waals surface area contributed by atoms with Gasteiger partial charge in [-0.2, -0.15) is 13.2 Å². The van der Waals surface area contributed by atoms with E-state index in [-0.39, 0.29) is 11.4 Å². The molecule has 0 heterocycles. The van der Waals surface area contributed by atoms with E-state index in [0.717, 1.165) is 47.0 Å². The van der Waals surface area contributed by atoms with Crippen molar-refractivity contribution in [1.29, 1.82) is 0 Å². The topological polar surface area (TPSA) is 66.5 Å². The molecule has 0 aromatic heterocycles. The molecule has 0 saturated heterocycles. The molecule has 0 spiro atoms. The summed E-state index contributed by atoms with van der Waals surface area (Å²) in [5.74, 6) is -1.47. The minimum absolute atomic E-state index is 0.0485. The molecule has 0 aliphatic rings. The van der Waals surface area contributed by atoms with Crippen LogP contribution in [-0.4, -0.2) is 26.6 Å². The Morgan fingerprint density at radius 1 is 1.11 bits per heavy atom. The monoisotopic (exact) mass is 404 g/mol. The molecule has 10 heteroatoms. The molecule has 0 unspecified atom stereocenters. The number of carbonyl (C=O) groups excluding carboxylic acids is 1. The average molecular weight is 404 g/mol. The Morgan fingerprint density at radius 2 is 1.70 bits per heavy atom. The van der Waals surface area contributed by atoms with Crippen molar-refractivity contribution in [2.75, 3.05) is 15.9 Å². The van der Waals surface area contributed by atoms with Crippen molar-refractivity contribution in [2.24, 2.45) is 0 Å². The third-order valence-corrected chi connectivity index (χ3v) is 4.87. The summed E-state index contributed by atoms with van der Waals surface area (Å²) in [4.78, 5) is 12.4. The summed E-state index contributed by atoms with van der Waals surface area (Å²) >= 11 is 0. The summed E-state index contributed by atoms with van der Waals surface area (Å²) in [6.07, 6.45) is -3.65. The predicted octanol–water partition coefficient (Wildman–Crippen LogP) is 3.64. The highest BCUT2D eigenvalue weighted by Gasteiger charge is 2.31. The number of nitrogens with zero attached hydrogens (tertiary/aromatic N) is 1. The van der Waals surface area contributed by atoms with E-state index in [9.17, 15) is 30.8 Å². The molecule has 27 heavy (non-hydrogen) atoms. The first kappa shape index (κ1) is 20.7. The maximum atomic E-state index is 13.4. The van der Waals surface area contributed by atoms with Crippen molar-refractivity contribution in [3.05, 3.63) is 59.9 Å². The van der Waals surface area contributed by atoms with Crippen LogP contribution in [0.4, 0.5) is 28.9 Å². The molecule has 0 aliphatic carbocycles. The minimum Gasteiger partial charge on any atom is -0.324 e. The van der Waals surface area contributed by atoms with Crippen molar-refractivity contribution in [1.82, 2.24) is 0 Å². The van der Waals surface area contributed by atoms with Crippen LogP contribution in [0.3, 0.4) is 0 Å². The summed E-state index contributed by atoms with van der Waals surface area (Å²) in [5.41, 5.74) is -0.869. The Hall–Kier alpha value is -2.62. The van der Waals surface area contributed by atoms with E-state index in [1.807, 2.05) is 0 Å². The van der Waals surface area contributed by atoms with Gasteiger partial charge in [0, 0.05) is 5.69 Å². The zero-order valence-electron chi connectivity index (χ0n) is 14.3. The molecule has 0 bridgehead atoms. The number of halogens is 4. The lowest BCUT2D eigenvalue weighted by Gasteiger charge is -2.28. The summed E-state index contributed by atoms with van der Waals surface area (Å²) in [7, 11) is -3.94. The molecule has 0 aliphatic heterocycles. The van der Waals surface area contributed by atoms with Crippen LogP contribution in [0.25, 0.3) is 0 Å². The molecule has 0 saturated carbocycles. The van der Waals surface area contributed by atoms with Gasteiger partial charge >= 0.3 is 6.18 Å². The number of carbonyl (C=O) groups is 1. The normalized spacial score (nSPS) is 13.1. The highest BCUT2D eigenvalue weighted by Crippen LogP contribution is 2.30. The van der Waals surface area contributed by atoms with E-state index in [1.54, 1.807) is 0 Å². The smallest absolute Gasteiger partial charge is 0.324 e. The van der Waals surface area contributed by atoms with Crippen molar-refractivity contribution >= 4 is 27.3 Å². The number of benzene rings is 2. The molecule has 2 aromatic carbocycles. The fraction of sp³-hybridized carbons (Fsp3) is 0.235. The highest BCUT2D eigenvalue weighted by atomic mass is 32.2. The Morgan fingerprint density at radius 3 is 2.19 bits per heavy atom. The molecular formula is C17H16F4N2O3S. The molecule has 0 radical (unpaired) electrons. The Labute approximate surface area is 153 Å². The van der Waals surface area contributed by atoms with Crippen LogP contribution in [0.2, 0.25) is 0 Å². The third-order valence-electron chi connectivity index (χ3n) is 3.63. The zero-order chi connectivity index (χ0) is 20.4. The SMILES string of the molecule is C[C@@H](C(=O)Nc1ccc(C(F)(F)F)cc1)N(c1cccc(F)c1)S(C)(=O)=O. The first-order valence-corrected chi connectivity index (χ1v) is 9.47. The zero-order valence-corrected chi connectivity index (χ0v) is 15.1. The van der Waals surface area contributed by atoms with E-state index in [0.29, 0.717) is 0 Å². The van der Waals surface area contributed by atoms with Gasteiger partial charge in [0.2, 0.25) is 15.9 Å². The first-order chi connectivity index (χ1) is 12.4. The number of nitrogens with one attached hydrogen (secondary N) is 1. The molecule has 5 nitrogen and oxygen atoms in total. The number of rotatable bonds is 5. The average Bonchev–Trinajstić information content (AvgIpc) is 2.53. The minimum atomic E-state index is -4.51. The van der Waals surface area contributed by atoms with E-state index >= 15 is 0 Å². The van der Waals surface area contributed by atoms with Crippen LogP contribution in [0.1, 0.15) is 12.5 Å². The summed E-state index contributed by atoms with van der Waals surface area (Å²) in [6, 6.07) is 7.13. The van der Waals surface area contributed by atoms with E-state index in [4.69, 9.17) is 0 Å². The molecular weight excluding hydrogens is 388 g/mol. The largest absolute Gasteiger partial charge is 0.416 e. The lowest BCUT2D eigenvalue weighted by molar-refractivity contribution is -0.137. The van der Waals surface area contributed by atoms with Crippen LogP contribution in [0.15, 0.2) is 48.5 Å². The Bertz CT molecular complexity index is 928. The number of alkyl halides is 3. The fourth-order valence-corrected chi connectivity index (χ4v) is 3.58. The van der Waals surface area contributed by atoms with E-state index in [1.165, 1.54) is 19.1 Å². The lowest BCUT2D eigenvalue weighted by atomic mass is 10.2. The number of sulfonamides is 1. The first-order valence-electron chi connectivity index (χ1n) is 7.62. The maximum Gasteiger partial charge on any atom is 0.416 e. The molecule has 1 atom stereocenters. The Kier molecular flexibility index (Phi) is 5.79. The molecule has 2 rings (SSSR count). The highest BCUT2D eigenvalue weighted by molar-refractivity contribution is 7.92. The van der Waals surface area contributed by atoms with Gasteiger partial charge in [0.1, 0.15) is 11.9 Å². The number of anilines is 2. The summed E-state index contributed by atoms with van der Waals surface area (Å²) < 4.78 is 76.1. The fourth-order valence-electron chi connectivity index (χ4n) is 2.41. The second kappa shape index (κ2) is 7.55. The number of hydrogen-bond donors (Lipinski definition) is 1. The van der Waals surface area contributed by atoms with Crippen LogP contribution < -0.4 is 9.62 Å². The van der Waals surface area contributed by atoms with Crippen LogP contribution >= 0.6 is 0 Å². The molecule has 146 valence electrons. The van der Waals surface area contributed by atoms with Crippen LogP contribution in [0.5, 0.6) is 0 Å². The maximum absolute atomic E-state index is 13.4. The summed E-state index contributed by atoms with van der Waals surface area (Å²) in [5, 5.41) is 2.35. The molecule has 0 fully saturated rings. The van der Waals surface area contributed by atoms with Crippen molar-refractivity contribution in [2.45, 2.75) is 19.1 Å². The van der Waals surface area contributed by atoms with Gasteiger partial charge in [0.05, 0.1) is 17.5 Å². The van der Waals surface area contributed by atoms with Gasteiger partial charge in [0.15, 0.2) is 0 Å². The molecule has 2 aromatic rings.